The molecule has 1 aromatic rings. The fraction of sp³-hybridized carbons (Fsp3) is 0.250. The molecule has 1 aromatic carbocycles. The third-order valence-corrected chi connectivity index (χ3v) is 2.36. The fourth-order valence-corrected chi connectivity index (χ4v) is 1.21. The van der Waals surface area contributed by atoms with Gasteiger partial charge in [-0.25, -0.2) is 0 Å². The summed E-state index contributed by atoms with van der Waals surface area (Å²) >= 11 is 17.1. The molecule has 0 aliphatic rings. The van der Waals surface area contributed by atoms with Crippen LogP contribution in [0.5, 0.6) is 0 Å². The van der Waals surface area contributed by atoms with E-state index in [-0.39, 0.29) is 0 Å². The summed E-state index contributed by atoms with van der Waals surface area (Å²) < 4.78 is 0. The van der Waals surface area contributed by atoms with Crippen LogP contribution in [-0.2, 0) is 0 Å². The minimum atomic E-state index is -0.493. The van der Waals surface area contributed by atoms with Crippen LogP contribution < -0.4 is 0 Å². The topological polar surface area (TPSA) is 0 Å². The van der Waals surface area contributed by atoms with Crippen molar-refractivity contribution in [1.29, 1.82) is 0 Å². The van der Waals surface area contributed by atoms with Crippen molar-refractivity contribution in [3.05, 3.63) is 34.3 Å². The maximum atomic E-state index is 5.84. The van der Waals surface area contributed by atoms with Crippen molar-refractivity contribution >= 4 is 34.8 Å². The molecule has 0 saturated carbocycles. The van der Waals surface area contributed by atoms with Crippen LogP contribution in [-0.4, -0.2) is 0 Å². The summed E-state index contributed by atoms with van der Waals surface area (Å²) in [4.78, 5) is -0.493. The van der Waals surface area contributed by atoms with Crippen molar-refractivity contribution in [3.63, 3.8) is 0 Å². The first-order valence-electron chi connectivity index (χ1n) is 3.15. The highest BCUT2D eigenvalue weighted by Crippen LogP contribution is 2.27. The number of alkyl halides is 2. The molecular weight excluding hydrogens is 202 g/mol. The van der Waals surface area contributed by atoms with Crippen LogP contribution in [0.25, 0.3) is 0 Å². The van der Waals surface area contributed by atoms with Gasteiger partial charge >= 0.3 is 0 Å². The monoisotopic (exact) mass is 208 g/mol. The van der Waals surface area contributed by atoms with Crippen molar-refractivity contribution in [2.24, 2.45) is 0 Å². The summed E-state index contributed by atoms with van der Waals surface area (Å²) in [5.74, 6) is 0. The molecule has 0 nitrogen and oxygen atoms in total. The molecule has 0 aliphatic carbocycles. The quantitative estimate of drug-likeness (QED) is 0.610. The summed E-state index contributed by atoms with van der Waals surface area (Å²) in [5.41, 5.74) is 1.87. The lowest BCUT2D eigenvalue weighted by Gasteiger charge is -2.03. The first-order valence-corrected chi connectivity index (χ1v) is 4.40. The Morgan fingerprint density at radius 1 is 1.27 bits per heavy atom. The number of hydrogen-bond donors (Lipinski definition) is 0. The van der Waals surface area contributed by atoms with Gasteiger partial charge in [-0.05, 0) is 24.1 Å². The van der Waals surface area contributed by atoms with E-state index in [4.69, 9.17) is 34.8 Å². The van der Waals surface area contributed by atoms with E-state index in [1.165, 1.54) is 0 Å². The van der Waals surface area contributed by atoms with Gasteiger partial charge in [-0.1, -0.05) is 23.7 Å². The lowest BCUT2D eigenvalue weighted by atomic mass is 10.2. The van der Waals surface area contributed by atoms with Gasteiger partial charge in [-0.15, -0.1) is 23.2 Å². The van der Waals surface area contributed by atoms with E-state index >= 15 is 0 Å². The van der Waals surface area contributed by atoms with E-state index in [1.54, 1.807) is 6.07 Å². The average molecular weight is 210 g/mol. The predicted molar refractivity (Wildman–Crippen MR) is 50.6 cm³/mol. The van der Waals surface area contributed by atoms with Crippen molar-refractivity contribution in [2.45, 2.75) is 11.8 Å². The molecule has 0 fully saturated rings. The van der Waals surface area contributed by atoms with Gasteiger partial charge in [0.25, 0.3) is 0 Å². The molecule has 0 spiro atoms. The Kier molecular flexibility index (Phi) is 3.06. The van der Waals surface area contributed by atoms with Gasteiger partial charge < -0.3 is 0 Å². The van der Waals surface area contributed by atoms with Crippen LogP contribution >= 0.6 is 34.8 Å². The van der Waals surface area contributed by atoms with E-state index in [0.717, 1.165) is 11.1 Å². The number of rotatable bonds is 1. The minimum absolute atomic E-state index is 0.493. The largest absolute Gasteiger partial charge is 0.132 e. The zero-order valence-corrected chi connectivity index (χ0v) is 8.21. The highest BCUT2D eigenvalue weighted by atomic mass is 35.5. The van der Waals surface area contributed by atoms with E-state index in [2.05, 4.69) is 0 Å². The molecule has 0 unspecified atom stereocenters. The Balaban J connectivity index is 3.05. The standard InChI is InChI=1S/C8H7Cl3/c1-5-2-3-6(8(10)11)4-7(5)9/h2-4,8H,1H3. The van der Waals surface area contributed by atoms with Crippen LogP contribution in [0.4, 0.5) is 0 Å². The summed E-state index contributed by atoms with van der Waals surface area (Å²) in [6.07, 6.45) is 0. The van der Waals surface area contributed by atoms with E-state index in [9.17, 15) is 0 Å². The second-order valence-electron chi connectivity index (χ2n) is 2.31. The van der Waals surface area contributed by atoms with Gasteiger partial charge in [0, 0.05) is 5.02 Å². The van der Waals surface area contributed by atoms with Crippen LogP contribution in [0.2, 0.25) is 5.02 Å². The molecule has 0 atom stereocenters. The van der Waals surface area contributed by atoms with Crippen molar-refractivity contribution in [1.82, 2.24) is 0 Å². The number of benzene rings is 1. The molecule has 0 amide bonds. The van der Waals surface area contributed by atoms with Gasteiger partial charge in [0.1, 0.15) is 4.84 Å². The van der Waals surface area contributed by atoms with Crippen LogP contribution in [0, 0.1) is 6.92 Å². The molecule has 0 N–H and O–H groups in total. The Bertz CT molecular complexity index is 256. The molecule has 0 heterocycles. The lowest BCUT2D eigenvalue weighted by molar-refractivity contribution is 1.32. The zero-order valence-electron chi connectivity index (χ0n) is 5.94. The maximum Gasteiger partial charge on any atom is 0.132 e. The van der Waals surface area contributed by atoms with Crippen LogP contribution in [0.15, 0.2) is 18.2 Å². The summed E-state index contributed by atoms with van der Waals surface area (Å²) in [7, 11) is 0. The Labute approximate surface area is 81.1 Å². The molecule has 0 aliphatic heterocycles. The van der Waals surface area contributed by atoms with E-state index in [1.807, 2.05) is 19.1 Å². The molecule has 0 radical (unpaired) electrons. The molecular formula is C8H7Cl3. The Morgan fingerprint density at radius 2 is 1.91 bits per heavy atom. The molecule has 11 heavy (non-hydrogen) atoms. The van der Waals surface area contributed by atoms with Crippen LogP contribution in [0.1, 0.15) is 16.0 Å². The number of aryl methyl sites for hydroxylation is 1. The normalized spacial score (nSPS) is 10.6. The first-order chi connectivity index (χ1) is 5.11. The molecule has 1 rings (SSSR count). The Hall–Kier alpha value is 0.0900. The lowest BCUT2D eigenvalue weighted by Crippen LogP contribution is -1.82. The highest BCUT2D eigenvalue weighted by Gasteiger charge is 2.04. The van der Waals surface area contributed by atoms with Gasteiger partial charge in [0.15, 0.2) is 0 Å². The second-order valence-corrected chi connectivity index (χ2v) is 3.81. The van der Waals surface area contributed by atoms with Crippen molar-refractivity contribution in [3.8, 4) is 0 Å². The zero-order chi connectivity index (χ0) is 8.43. The predicted octanol–water partition coefficient (Wildman–Crippen LogP) is 4.12. The third-order valence-electron chi connectivity index (χ3n) is 1.45. The van der Waals surface area contributed by atoms with Gasteiger partial charge in [0.2, 0.25) is 0 Å². The first kappa shape index (κ1) is 9.18. The average Bonchev–Trinajstić information content (AvgIpc) is 1.94. The number of halogens is 3. The minimum Gasteiger partial charge on any atom is -0.100 e. The van der Waals surface area contributed by atoms with Gasteiger partial charge in [-0.2, -0.15) is 0 Å². The SMILES string of the molecule is Cc1ccc(C(Cl)Cl)cc1Cl. The summed E-state index contributed by atoms with van der Waals surface area (Å²) in [6.45, 7) is 1.93. The van der Waals surface area contributed by atoms with Crippen molar-refractivity contribution in [2.75, 3.05) is 0 Å². The van der Waals surface area contributed by atoms with Gasteiger partial charge in [-0.3, -0.25) is 0 Å². The Morgan fingerprint density at radius 3 is 2.36 bits per heavy atom. The molecule has 0 saturated heterocycles. The highest BCUT2D eigenvalue weighted by molar-refractivity contribution is 6.44. The smallest absolute Gasteiger partial charge is 0.100 e. The van der Waals surface area contributed by atoms with Crippen molar-refractivity contribution < 1.29 is 0 Å². The molecule has 0 bridgehead atoms. The fourth-order valence-electron chi connectivity index (χ4n) is 0.745. The summed E-state index contributed by atoms with van der Waals surface area (Å²) in [6, 6.07) is 5.54. The number of hydrogen-bond acceptors (Lipinski definition) is 0. The maximum absolute atomic E-state index is 5.84. The molecule has 3 heteroatoms. The van der Waals surface area contributed by atoms with E-state index in [0.29, 0.717) is 5.02 Å². The van der Waals surface area contributed by atoms with E-state index < -0.39 is 4.84 Å². The van der Waals surface area contributed by atoms with Gasteiger partial charge in [0.05, 0.1) is 0 Å². The second kappa shape index (κ2) is 3.66. The molecule has 60 valence electrons. The van der Waals surface area contributed by atoms with Crippen LogP contribution in [0.3, 0.4) is 0 Å². The molecule has 0 aromatic heterocycles. The third kappa shape index (κ3) is 2.26. The summed E-state index contributed by atoms with van der Waals surface area (Å²) in [5, 5.41) is 0.703.